The van der Waals surface area contributed by atoms with E-state index in [0.717, 1.165) is 21.0 Å². The lowest BCUT2D eigenvalue weighted by Crippen LogP contribution is -2.50. The molecule has 0 aliphatic heterocycles. The van der Waals surface area contributed by atoms with Gasteiger partial charge in [0.05, 0.1) is 17.7 Å². The summed E-state index contributed by atoms with van der Waals surface area (Å²) in [6, 6.07) is 18.3. The summed E-state index contributed by atoms with van der Waals surface area (Å²) < 4.78 is 34.3. The fourth-order valence-electron chi connectivity index (χ4n) is 4.10. The van der Waals surface area contributed by atoms with Crippen molar-refractivity contribution in [3.05, 3.63) is 89.0 Å². The highest BCUT2D eigenvalue weighted by Gasteiger charge is 2.33. The summed E-state index contributed by atoms with van der Waals surface area (Å²) >= 11 is 0. The van der Waals surface area contributed by atoms with E-state index in [1.807, 2.05) is 32.0 Å². The van der Waals surface area contributed by atoms with Crippen molar-refractivity contribution in [3.8, 4) is 5.75 Å². The summed E-state index contributed by atoms with van der Waals surface area (Å²) in [7, 11) is -1.06. The van der Waals surface area contributed by atoms with Crippen molar-refractivity contribution < 1.29 is 22.7 Å². The number of nitrogens with one attached hydrogen (secondary N) is 1. The number of carbonyl (C=O) groups is 2. The van der Waals surface area contributed by atoms with Gasteiger partial charge in [-0.05, 0) is 74.7 Å². The highest BCUT2D eigenvalue weighted by Crippen LogP contribution is 2.29. The zero-order chi connectivity index (χ0) is 28.0. The molecule has 0 heterocycles. The van der Waals surface area contributed by atoms with Gasteiger partial charge in [0.15, 0.2) is 0 Å². The van der Waals surface area contributed by atoms with Crippen molar-refractivity contribution in [2.24, 2.45) is 0 Å². The Labute approximate surface area is 225 Å². The van der Waals surface area contributed by atoms with Gasteiger partial charge in [-0.2, -0.15) is 0 Å². The van der Waals surface area contributed by atoms with Crippen LogP contribution in [0, 0.1) is 20.8 Å². The Morgan fingerprint density at radius 3 is 2.24 bits per heavy atom. The minimum atomic E-state index is -4.11. The van der Waals surface area contributed by atoms with Crippen molar-refractivity contribution >= 4 is 27.5 Å². The standard InChI is InChI=1S/C29H35N3O5S/c1-20-11-14-26(15-12-20)38(35,36)32(27-16-21(2)10-13-22(27)3)19-28(33)31(23(4)29(34)30-5)18-24-8-7-9-25(17-24)37-6/h7-17,23H,18-19H2,1-6H3,(H,30,34)/t23-/m0/s1. The lowest BCUT2D eigenvalue weighted by molar-refractivity contribution is -0.139. The highest BCUT2D eigenvalue weighted by molar-refractivity contribution is 7.92. The summed E-state index contributed by atoms with van der Waals surface area (Å²) in [5.74, 6) is -0.261. The van der Waals surface area contributed by atoms with Crippen molar-refractivity contribution in [1.29, 1.82) is 0 Å². The summed E-state index contributed by atoms with van der Waals surface area (Å²) in [6.07, 6.45) is 0. The SMILES string of the molecule is CNC(=O)[C@H](C)N(Cc1cccc(OC)c1)C(=O)CN(c1cc(C)ccc1C)S(=O)(=O)c1ccc(C)cc1. The molecule has 0 aromatic heterocycles. The van der Waals surface area contributed by atoms with E-state index in [4.69, 9.17) is 4.74 Å². The van der Waals surface area contributed by atoms with Crippen LogP contribution < -0.4 is 14.4 Å². The van der Waals surface area contributed by atoms with E-state index in [9.17, 15) is 18.0 Å². The van der Waals surface area contributed by atoms with Crippen molar-refractivity contribution in [3.63, 3.8) is 0 Å². The van der Waals surface area contributed by atoms with Crippen LogP contribution in [-0.4, -0.2) is 51.9 Å². The maximum absolute atomic E-state index is 13.9. The maximum Gasteiger partial charge on any atom is 0.264 e. The van der Waals surface area contributed by atoms with Gasteiger partial charge >= 0.3 is 0 Å². The normalized spacial score (nSPS) is 11.9. The average molecular weight is 538 g/mol. The molecular weight excluding hydrogens is 502 g/mol. The van der Waals surface area contributed by atoms with Gasteiger partial charge in [-0.1, -0.05) is 42.0 Å². The number of methoxy groups -OCH3 is 1. The minimum Gasteiger partial charge on any atom is -0.497 e. The minimum absolute atomic E-state index is 0.0792. The van der Waals surface area contributed by atoms with Crippen molar-refractivity contribution in [1.82, 2.24) is 10.2 Å². The molecule has 0 saturated carbocycles. The van der Waals surface area contributed by atoms with Crippen LogP contribution in [0.1, 0.15) is 29.2 Å². The molecule has 1 atom stereocenters. The van der Waals surface area contributed by atoms with Crippen LogP contribution in [0.15, 0.2) is 71.6 Å². The van der Waals surface area contributed by atoms with Gasteiger partial charge in [-0.25, -0.2) is 8.42 Å². The van der Waals surface area contributed by atoms with Gasteiger partial charge in [0.1, 0.15) is 18.3 Å². The predicted molar refractivity (Wildman–Crippen MR) is 149 cm³/mol. The van der Waals surface area contributed by atoms with Gasteiger partial charge in [-0.15, -0.1) is 0 Å². The molecule has 0 aliphatic rings. The van der Waals surface area contributed by atoms with Crippen LogP contribution in [0.4, 0.5) is 5.69 Å². The third kappa shape index (κ3) is 6.52. The number of amides is 2. The Bertz CT molecular complexity index is 1400. The number of benzene rings is 3. The number of hydrogen-bond acceptors (Lipinski definition) is 5. The molecule has 0 bridgehead atoms. The first-order chi connectivity index (χ1) is 18.0. The molecule has 8 nitrogen and oxygen atoms in total. The molecule has 9 heteroatoms. The van der Waals surface area contributed by atoms with Crippen LogP contribution in [0.3, 0.4) is 0 Å². The molecule has 0 unspecified atom stereocenters. The van der Waals surface area contributed by atoms with E-state index in [-0.39, 0.29) is 17.3 Å². The lowest BCUT2D eigenvalue weighted by atomic mass is 10.1. The van der Waals surface area contributed by atoms with E-state index < -0.39 is 28.5 Å². The molecule has 3 aromatic rings. The Hall–Kier alpha value is -3.85. The quantitative estimate of drug-likeness (QED) is 0.422. The summed E-state index contributed by atoms with van der Waals surface area (Å²) in [4.78, 5) is 28.0. The Kier molecular flexibility index (Phi) is 9.17. The largest absolute Gasteiger partial charge is 0.497 e. The second kappa shape index (κ2) is 12.1. The van der Waals surface area contributed by atoms with E-state index in [2.05, 4.69) is 5.32 Å². The summed E-state index contributed by atoms with van der Waals surface area (Å²) in [5.41, 5.74) is 3.63. The number of aryl methyl sites for hydroxylation is 3. The molecule has 38 heavy (non-hydrogen) atoms. The summed E-state index contributed by atoms with van der Waals surface area (Å²) in [5, 5.41) is 2.58. The number of ether oxygens (including phenoxy) is 1. The van der Waals surface area contributed by atoms with Crippen LogP contribution in [0.5, 0.6) is 5.75 Å². The molecule has 3 aromatic carbocycles. The summed E-state index contributed by atoms with van der Waals surface area (Å²) in [6.45, 7) is 6.77. The molecule has 3 rings (SSSR count). The second-order valence-electron chi connectivity index (χ2n) is 9.28. The molecule has 0 saturated heterocycles. The van der Waals surface area contributed by atoms with Crippen LogP contribution in [0.2, 0.25) is 0 Å². The van der Waals surface area contributed by atoms with Gasteiger partial charge < -0.3 is 15.0 Å². The number of anilines is 1. The molecule has 202 valence electrons. The third-order valence-electron chi connectivity index (χ3n) is 6.42. The number of likely N-dealkylation sites (N-methyl/N-ethyl adjacent to an activating group) is 1. The Morgan fingerprint density at radius 1 is 0.947 bits per heavy atom. The smallest absolute Gasteiger partial charge is 0.264 e. The van der Waals surface area contributed by atoms with Crippen molar-refractivity contribution in [2.75, 3.05) is 25.0 Å². The first kappa shape index (κ1) is 28.7. The zero-order valence-electron chi connectivity index (χ0n) is 22.7. The first-order valence-corrected chi connectivity index (χ1v) is 13.7. The Balaban J connectivity index is 2.08. The fourth-order valence-corrected chi connectivity index (χ4v) is 5.57. The predicted octanol–water partition coefficient (Wildman–Crippen LogP) is 3.98. The van der Waals surface area contributed by atoms with E-state index in [1.165, 1.54) is 24.1 Å². The molecule has 1 N–H and O–H groups in total. The van der Waals surface area contributed by atoms with Gasteiger partial charge in [0.2, 0.25) is 11.8 Å². The van der Waals surface area contributed by atoms with Gasteiger partial charge in [0, 0.05) is 13.6 Å². The number of sulfonamides is 1. The number of nitrogens with zero attached hydrogens (tertiary/aromatic N) is 2. The number of rotatable bonds is 10. The molecule has 0 aliphatic carbocycles. The van der Waals surface area contributed by atoms with Crippen LogP contribution in [0.25, 0.3) is 0 Å². The number of hydrogen-bond donors (Lipinski definition) is 1. The van der Waals surface area contributed by atoms with Gasteiger partial charge in [0.25, 0.3) is 10.0 Å². The Morgan fingerprint density at radius 2 is 1.61 bits per heavy atom. The zero-order valence-corrected chi connectivity index (χ0v) is 23.5. The molecule has 0 fully saturated rings. The van der Waals surface area contributed by atoms with E-state index in [0.29, 0.717) is 17.0 Å². The molecule has 2 amide bonds. The molecule has 0 spiro atoms. The molecular formula is C29H35N3O5S. The third-order valence-corrected chi connectivity index (χ3v) is 8.20. The van der Waals surface area contributed by atoms with E-state index >= 15 is 0 Å². The average Bonchev–Trinajstić information content (AvgIpc) is 2.91. The van der Waals surface area contributed by atoms with Crippen molar-refractivity contribution in [2.45, 2.75) is 45.2 Å². The van der Waals surface area contributed by atoms with Crippen LogP contribution in [-0.2, 0) is 26.2 Å². The first-order valence-electron chi connectivity index (χ1n) is 12.3. The topological polar surface area (TPSA) is 96.0 Å². The van der Waals surface area contributed by atoms with E-state index in [1.54, 1.807) is 57.4 Å². The number of carbonyl (C=O) groups excluding carboxylic acids is 2. The van der Waals surface area contributed by atoms with Crippen LogP contribution >= 0.6 is 0 Å². The molecule has 0 radical (unpaired) electrons. The second-order valence-corrected chi connectivity index (χ2v) is 11.1. The monoisotopic (exact) mass is 537 g/mol. The van der Waals surface area contributed by atoms with Gasteiger partial charge in [-0.3, -0.25) is 13.9 Å². The highest BCUT2D eigenvalue weighted by atomic mass is 32.2. The fraction of sp³-hybridized carbons (Fsp3) is 0.310. The lowest BCUT2D eigenvalue weighted by Gasteiger charge is -2.32. The maximum atomic E-state index is 13.9.